The van der Waals surface area contributed by atoms with Gasteiger partial charge in [-0.2, -0.15) is 0 Å². The lowest BCUT2D eigenvalue weighted by Gasteiger charge is -2.07. The number of nitrogens with two attached hydrogens (primary N) is 1. The minimum atomic E-state index is -0.156. The van der Waals surface area contributed by atoms with E-state index in [4.69, 9.17) is 5.73 Å². The zero-order valence-corrected chi connectivity index (χ0v) is 13.6. The maximum Gasteiger partial charge on any atom is 0.255 e. The molecule has 6 heteroatoms. The molecule has 0 saturated heterocycles. The quantitative estimate of drug-likeness (QED) is 0.737. The summed E-state index contributed by atoms with van der Waals surface area (Å²) in [5.41, 5.74) is 8.54. The lowest BCUT2D eigenvalue weighted by Crippen LogP contribution is -2.11. The zero-order chi connectivity index (χ0) is 16.2. The molecule has 23 heavy (non-hydrogen) atoms. The number of hydrogen-bond donors (Lipinski definition) is 2. The fraction of sp³-hybridized carbons (Fsp3) is 0. The van der Waals surface area contributed by atoms with Crippen molar-refractivity contribution in [2.45, 2.75) is 0 Å². The molecule has 3 N–H and O–H groups in total. The minimum Gasteiger partial charge on any atom is -0.368 e. The highest BCUT2D eigenvalue weighted by atomic mass is 79.9. The first-order valence-electron chi connectivity index (χ1n) is 6.88. The summed E-state index contributed by atoms with van der Waals surface area (Å²) in [5.74, 6) is 0.0756. The van der Waals surface area contributed by atoms with Gasteiger partial charge in [0.25, 0.3) is 5.91 Å². The monoisotopic (exact) mass is 368 g/mol. The first-order valence-corrected chi connectivity index (χ1v) is 7.67. The van der Waals surface area contributed by atoms with Crippen LogP contribution in [0.2, 0.25) is 0 Å². The second-order valence-corrected chi connectivity index (χ2v) is 5.75. The van der Waals surface area contributed by atoms with Crippen LogP contribution in [0.4, 0.5) is 11.6 Å². The predicted molar refractivity (Wildman–Crippen MR) is 94.0 cm³/mol. The summed E-state index contributed by atoms with van der Waals surface area (Å²) in [6.45, 7) is 0. The maximum atomic E-state index is 12.2. The van der Waals surface area contributed by atoms with Gasteiger partial charge in [0.05, 0.1) is 5.69 Å². The van der Waals surface area contributed by atoms with Crippen LogP contribution < -0.4 is 11.1 Å². The molecule has 0 unspecified atom stereocenters. The third kappa shape index (κ3) is 3.73. The third-order valence-electron chi connectivity index (χ3n) is 3.22. The second-order valence-electron chi connectivity index (χ2n) is 4.84. The van der Waals surface area contributed by atoms with Crippen LogP contribution in [-0.4, -0.2) is 15.9 Å². The van der Waals surface area contributed by atoms with Crippen LogP contribution in [0.3, 0.4) is 0 Å². The maximum absolute atomic E-state index is 12.2. The lowest BCUT2D eigenvalue weighted by molar-refractivity contribution is 0.102. The number of rotatable bonds is 3. The summed E-state index contributed by atoms with van der Waals surface area (Å²) in [7, 11) is 0. The summed E-state index contributed by atoms with van der Waals surface area (Å²) in [4.78, 5) is 20.2. The van der Waals surface area contributed by atoms with E-state index in [0.29, 0.717) is 11.3 Å². The van der Waals surface area contributed by atoms with Crippen molar-refractivity contribution in [3.8, 4) is 11.3 Å². The predicted octanol–water partition coefficient (Wildman–Crippen LogP) is 3.74. The van der Waals surface area contributed by atoms with E-state index in [9.17, 15) is 4.79 Å². The number of carbonyl (C=O) groups excluding carboxylic acids is 1. The normalized spacial score (nSPS) is 10.3. The van der Waals surface area contributed by atoms with Gasteiger partial charge in [-0.25, -0.2) is 9.97 Å². The highest BCUT2D eigenvalue weighted by molar-refractivity contribution is 9.10. The van der Waals surface area contributed by atoms with Crippen molar-refractivity contribution >= 4 is 33.5 Å². The number of aromatic nitrogens is 2. The Labute approximate surface area is 141 Å². The molecule has 0 spiro atoms. The molecule has 1 amide bonds. The van der Waals surface area contributed by atoms with Crippen molar-refractivity contribution in [3.63, 3.8) is 0 Å². The van der Waals surface area contributed by atoms with E-state index >= 15 is 0 Å². The molecule has 0 aliphatic rings. The molecule has 1 heterocycles. The highest BCUT2D eigenvalue weighted by Gasteiger charge is 2.06. The van der Waals surface area contributed by atoms with Crippen LogP contribution in [0.5, 0.6) is 0 Å². The van der Waals surface area contributed by atoms with E-state index < -0.39 is 0 Å². The average Bonchev–Trinajstić information content (AvgIpc) is 2.56. The van der Waals surface area contributed by atoms with Crippen molar-refractivity contribution in [3.05, 3.63) is 70.8 Å². The molecule has 1 aromatic heterocycles. The van der Waals surface area contributed by atoms with E-state index in [0.717, 1.165) is 15.7 Å². The van der Waals surface area contributed by atoms with E-state index in [1.54, 1.807) is 24.4 Å². The number of anilines is 2. The van der Waals surface area contributed by atoms with Gasteiger partial charge in [0.2, 0.25) is 5.95 Å². The van der Waals surface area contributed by atoms with Crippen LogP contribution in [-0.2, 0) is 0 Å². The number of amides is 1. The van der Waals surface area contributed by atoms with Crippen LogP contribution in [0, 0.1) is 0 Å². The van der Waals surface area contributed by atoms with Gasteiger partial charge in [-0.3, -0.25) is 4.79 Å². The summed E-state index contributed by atoms with van der Waals surface area (Å²) >= 11 is 3.35. The molecule has 0 saturated carbocycles. The Hall–Kier alpha value is -2.73. The largest absolute Gasteiger partial charge is 0.368 e. The Morgan fingerprint density at radius 3 is 2.35 bits per heavy atom. The van der Waals surface area contributed by atoms with Crippen LogP contribution >= 0.6 is 15.9 Å². The number of nitrogen functional groups attached to an aromatic ring is 1. The molecule has 0 fully saturated rings. The van der Waals surface area contributed by atoms with Crippen molar-refractivity contribution in [1.29, 1.82) is 0 Å². The number of nitrogens with one attached hydrogen (secondary N) is 1. The van der Waals surface area contributed by atoms with Gasteiger partial charge in [0.1, 0.15) is 0 Å². The van der Waals surface area contributed by atoms with Crippen molar-refractivity contribution in [2.75, 3.05) is 11.1 Å². The van der Waals surface area contributed by atoms with Gasteiger partial charge >= 0.3 is 0 Å². The SMILES string of the molecule is Nc1nccc(-c2ccc(NC(=O)c3ccc(Br)cc3)cc2)n1. The third-order valence-corrected chi connectivity index (χ3v) is 3.75. The first kappa shape index (κ1) is 15.2. The fourth-order valence-corrected chi connectivity index (χ4v) is 2.33. The van der Waals surface area contributed by atoms with Gasteiger partial charge in [0.15, 0.2) is 0 Å². The van der Waals surface area contributed by atoms with E-state index in [1.165, 1.54) is 0 Å². The summed E-state index contributed by atoms with van der Waals surface area (Å²) in [5, 5.41) is 2.86. The van der Waals surface area contributed by atoms with Gasteiger partial charge < -0.3 is 11.1 Å². The molecular formula is C17H13BrN4O. The van der Waals surface area contributed by atoms with Crippen LogP contribution in [0.25, 0.3) is 11.3 Å². The number of hydrogen-bond acceptors (Lipinski definition) is 4. The molecule has 2 aromatic carbocycles. The Morgan fingerprint density at radius 1 is 1.00 bits per heavy atom. The van der Waals surface area contributed by atoms with E-state index in [-0.39, 0.29) is 11.9 Å². The number of carbonyl (C=O) groups is 1. The molecule has 114 valence electrons. The molecule has 0 bridgehead atoms. The Bertz CT molecular complexity index is 832. The van der Waals surface area contributed by atoms with Gasteiger partial charge in [-0.15, -0.1) is 0 Å². The molecule has 3 rings (SSSR count). The molecular weight excluding hydrogens is 356 g/mol. The standard InChI is InChI=1S/C17H13BrN4O/c18-13-5-1-12(2-6-13)16(23)21-14-7-3-11(4-8-14)15-9-10-20-17(19)22-15/h1-10H,(H,21,23)(H2,19,20,22). The summed E-state index contributed by atoms with van der Waals surface area (Å²) < 4.78 is 0.933. The van der Waals surface area contributed by atoms with Crippen LogP contribution in [0.15, 0.2) is 65.3 Å². The van der Waals surface area contributed by atoms with E-state index in [2.05, 4.69) is 31.2 Å². The first-order chi connectivity index (χ1) is 11.1. The van der Waals surface area contributed by atoms with E-state index in [1.807, 2.05) is 36.4 Å². The van der Waals surface area contributed by atoms with Crippen molar-refractivity contribution in [1.82, 2.24) is 9.97 Å². The minimum absolute atomic E-state index is 0.156. The molecule has 0 aliphatic carbocycles. The molecule has 0 aliphatic heterocycles. The van der Waals surface area contributed by atoms with Crippen molar-refractivity contribution < 1.29 is 4.79 Å². The number of halogens is 1. The molecule has 3 aromatic rings. The second kappa shape index (κ2) is 6.58. The van der Waals surface area contributed by atoms with Crippen molar-refractivity contribution in [2.24, 2.45) is 0 Å². The molecule has 5 nitrogen and oxygen atoms in total. The molecule has 0 radical (unpaired) electrons. The zero-order valence-electron chi connectivity index (χ0n) is 12.0. The van der Waals surface area contributed by atoms with Crippen LogP contribution in [0.1, 0.15) is 10.4 Å². The highest BCUT2D eigenvalue weighted by Crippen LogP contribution is 2.20. The number of nitrogens with zero attached hydrogens (tertiary/aromatic N) is 2. The lowest BCUT2D eigenvalue weighted by atomic mass is 10.1. The van der Waals surface area contributed by atoms with Gasteiger partial charge in [-0.1, -0.05) is 28.1 Å². The molecule has 0 atom stereocenters. The number of benzene rings is 2. The summed E-state index contributed by atoms with van der Waals surface area (Å²) in [6, 6.07) is 16.4. The van der Waals surface area contributed by atoms with Gasteiger partial charge in [-0.05, 0) is 42.5 Å². The Kier molecular flexibility index (Phi) is 4.34. The topological polar surface area (TPSA) is 80.9 Å². The van der Waals surface area contributed by atoms with Gasteiger partial charge in [0, 0.05) is 27.5 Å². The fourth-order valence-electron chi connectivity index (χ4n) is 2.06. The smallest absolute Gasteiger partial charge is 0.255 e. The Morgan fingerprint density at radius 2 is 1.70 bits per heavy atom. The average molecular weight is 369 g/mol. The Balaban J connectivity index is 1.75. The summed E-state index contributed by atoms with van der Waals surface area (Å²) in [6.07, 6.45) is 1.61.